The van der Waals surface area contributed by atoms with Crippen LogP contribution in [0.2, 0.25) is 0 Å². The predicted molar refractivity (Wildman–Crippen MR) is 80.2 cm³/mol. The maximum atomic E-state index is 14.4. The highest BCUT2D eigenvalue weighted by Gasteiger charge is 2.18. The lowest BCUT2D eigenvalue weighted by Crippen LogP contribution is -2.25. The normalized spacial score (nSPS) is 13.2. The number of aromatic nitrogens is 2. The lowest BCUT2D eigenvalue weighted by atomic mass is 9.99. The number of hydrogen-bond donors (Lipinski definition) is 2. The summed E-state index contributed by atoms with van der Waals surface area (Å²) in [6, 6.07) is 5.05. The second-order valence-corrected chi connectivity index (χ2v) is 4.79. The van der Waals surface area contributed by atoms with Crippen molar-refractivity contribution in [3.8, 4) is 0 Å². The summed E-state index contributed by atoms with van der Waals surface area (Å²) in [5.41, 5.74) is 2.25. The molecule has 2 heterocycles. The molecule has 1 aromatic heterocycles. The van der Waals surface area contributed by atoms with E-state index < -0.39 is 0 Å². The summed E-state index contributed by atoms with van der Waals surface area (Å²) < 4.78 is 15.8. The first-order valence-electron chi connectivity index (χ1n) is 6.47. The Morgan fingerprint density at radius 3 is 2.95 bits per heavy atom. The van der Waals surface area contributed by atoms with Crippen LogP contribution in [0.3, 0.4) is 0 Å². The van der Waals surface area contributed by atoms with Gasteiger partial charge in [-0.15, -0.1) is 12.4 Å². The van der Waals surface area contributed by atoms with Crippen molar-refractivity contribution in [1.82, 2.24) is 15.1 Å². The van der Waals surface area contributed by atoms with Gasteiger partial charge in [-0.05, 0) is 36.2 Å². The lowest BCUT2D eigenvalue weighted by molar-refractivity contribution is 0.101. The number of halogens is 2. The van der Waals surface area contributed by atoms with Crippen LogP contribution >= 0.6 is 12.4 Å². The summed E-state index contributed by atoms with van der Waals surface area (Å²) in [7, 11) is 1.67. The first-order valence-corrected chi connectivity index (χ1v) is 6.47. The minimum Gasteiger partial charge on any atom is -0.318 e. The molecule has 1 aliphatic heterocycles. The number of hydrogen-bond acceptors (Lipinski definition) is 3. The standard InChI is InChI=1S/C14H15FN4O.ClH/c1-19-12(5-7-17-19)14(20)18-11-3-2-9-8-16-6-4-10(9)13(11)15;/h2-3,5,7,16H,4,6,8H2,1H3,(H,18,20);1H. The molecule has 1 aromatic carbocycles. The summed E-state index contributed by atoms with van der Waals surface area (Å²) in [4.78, 5) is 12.1. The van der Waals surface area contributed by atoms with Crippen molar-refractivity contribution >= 4 is 24.0 Å². The van der Waals surface area contributed by atoms with Gasteiger partial charge in [0.25, 0.3) is 5.91 Å². The van der Waals surface area contributed by atoms with E-state index in [-0.39, 0.29) is 29.8 Å². The van der Waals surface area contributed by atoms with Gasteiger partial charge in [0.1, 0.15) is 11.5 Å². The molecule has 0 unspecified atom stereocenters. The van der Waals surface area contributed by atoms with Crippen LogP contribution < -0.4 is 10.6 Å². The van der Waals surface area contributed by atoms with Crippen molar-refractivity contribution in [2.45, 2.75) is 13.0 Å². The van der Waals surface area contributed by atoms with Gasteiger partial charge in [-0.1, -0.05) is 6.07 Å². The number of fused-ring (bicyclic) bond motifs is 1. The van der Waals surface area contributed by atoms with E-state index in [1.807, 2.05) is 6.07 Å². The predicted octanol–water partition coefficient (Wildman–Crippen LogP) is 1.88. The molecule has 0 fully saturated rings. The van der Waals surface area contributed by atoms with Gasteiger partial charge in [0, 0.05) is 19.8 Å². The molecule has 0 aliphatic carbocycles. The smallest absolute Gasteiger partial charge is 0.273 e. The first kappa shape index (κ1) is 15.5. The van der Waals surface area contributed by atoms with Crippen LogP contribution in [0, 0.1) is 5.82 Å². The Balaban J connectivity index is 0.00000161. The molecule has 0 spiro atoms. The van der Waals surface area contributed by atoms with E-state index in [1.165, 1.54) is 10.9 Å². The first-order chi connectivity index (χ1) is 9.66. The highest BCUT2D eigenvalue weighted by molar-refractivity contribution is 6.03. The summed E-state index contributed by atoms with van der Waals surface area (Å²) in [5.74, 6) is -0.697. The van der Waals surface area contributed by atoms with Crippen molar-refractivity contribution in [3.63, 3.8) is 0 Å². The Hall–Kier alpha value is -1.92. The fourth-order valence-corrected chi connectivity index (χ4v) is 2.41. The zero-order valence-corrected chi connectivity index (χ0v) is 12.3. The Morgan fingerprint density at radius 2 is 2.24 bits per heavy atom. The monoisotopic (exact) mass is 310 g/mol. The van der Waals surface area contributed by atoms with Gasteiger partial charge in [0.05, 0.1) is 5.69 Å². The van der Waals surface area contributed by atoms with Crippen LogP contribution in [0.25, 0.3) is 0 Å². The van der Waals surface area contributed by atoms with E-state index in [0.717, 1.165) is 12.1 Å². The number of carbonyl (C=O) groups is 1. The average molecular weight is 311 g/mol. The third kappa shape index (κ3) is 2.91. The second-order valence-electron chi connectivity index (χ2n) is 4.79. The Bertz CT molecular complexity index is 671. The maximum Gasteiger partial charge on any atom is 0.273 e. The van der Waals surface area contributed by atoms with Crippen LogP contribution in [0.4, 0.5) is 10.1 Å². The van der Waals surface area contributed by atoms with Gasteiger partial charge in [-0.2, -0.15) is 5.10 Å². The van der Waals surface area contributed by atoms with Crippen LogP contribution in [-0.2, 0) is 20.0 Å². The van der Waals surface area contributed by atoms with E-state index in [0.29, 0.717) is 24.2 Å². The highest BCUT2D eigenvalue weighted by atomic mass is 35.5. The van der Waals surface area contributed by atoms with Gasteiger partial charge in [-0.3, -0.25) is 9.48 Å². The van der Waals surface area contributed by atoms with Gasteiger partial charge in [-0.25, -0.2) is 4.39 Å². The Labute approximate surface area is 127 Å². The van der Waals surface area contributed by atoms with Gasteiger partial charge < -0.3 is 10.6 Å². The third-order valence-electron chi connectivity index (χ3n) is 3.51. The number of amides is 1. The summed E-state index contributed by atoms with van der Waals surface area (Å²) in [6.07, 6.45) is 2.17. The van der Waals surface area contributed by atoms with Gasteiger partial charge in [0.15, 0.2) is 0 Å². The SMILES string of the molecule is Cl.Cn1nccc1C(=O)Nc1ccc2c(c1F)CCNC2. The molecule has 5 nitrogen and oxygen atoms in total. The maximum absolute atomic E-state index is 14.4. The van der Waals surface area contributed by atoms with Crippen LogP contribution in [-0.4, -0.2) is 22.2 Å². The zero-order chi connectivity index (χ0) is 14.1. The largest absolute Gasteiger partial charge is 0.318 e. The van der Waals surface area contributed by atoms with Gasteiger partial charge in [0.2, 0.25) is 0 Å². The molecule has 1 aliphatic rings. The van der Waals surface area contributed by atoms with Gasteiger partial charge >= 0.3 is 0 Å². The van der Waals surface area contributed by atoms with Crippen LogP contribution in [0.15, 0.2) is 24.4 Å². The third-order valence-corrected chi connectivity index (χ3v) is 3.51. The fourth-order valence-electron chi connectivity index (χ4n) is 2.41. The molecule has 0 atom stereocenters. The van der Waals surface area contributed by atoms with Crippen molar-refractivity contribution in [3.05, 3.63) is 47.0 Å². The summed E-state index contributed by atoms with van der Waals surface area (Å²) in [5, 5.41) is 9.73. The van der Waals surface area contributed by atoms with E-state index >= 15 is 0 Å². The van der Waals surface area contributed by atoms with Crippen molar-refractivity contribution < 1.29 is 9.18 Å². The molecule has 0 bridgehead atoms. The minimum absolute atomic E-state index is 0. The minimum atomic E-state index is -0.363. The molecule has 112 valence electrons. The van der Waals surface area contributed by atoms with Crippen molar-refractivity contribution in [1.29, 1.82) is 0 Å². The van der Waals surface area contributed by atoms with E-state index in [2.05, 4.69) is 15.7 Å². The Kier molecular flexibility index (Phi) is 4.59. The molecular weight excluding hydrogens is 295 g/mol. The number of benzene rings is 1. The summed E-state index contributed by atoms with van der Waals surface area (Å²) in [6.45, 7) is 1.42. The number of rotatable bonds is 2. The van der Waals surface area contributed by atoms with E-state index in [1.54, 1.807) is 19.2 Å². The molecule has 1 amide bonds. The molecule has 0 saturated carbocycles. The highest BCUT2D eigenvalue weighted by Crippen LogP contribution is 2.24. The molecule has 0 radical (unpaired) electrons. The molecule has 21 heavy (non-hydrogen) atoms. The van der Waals surface area contributed by atoms with Crippen LogP contribution in [0.5, 0.6) is 0 Å². The average Bonchev–Trinajstić information content (AvgIpc) is 2.88. The topological polar surface area (TPSA) is 59.0 Å². The molecule has 2 aromatic rings. The van der Waals surface area contributed by atoms with Crippen molar-refractivity contribution in [2.75, 3.05) is 11.9 Å². The quantitative estimate of drug-likeness (QED) is 0.890. The number of nitrogens with zero attached hydrogens (tertiary/aromatic N) is 2. The molecule has 3 rings (SSSR count). The van der Waals surface area contributed by atoms with E-state index in [4.69, 9.17) is 0 Å². The number of aryl methyl sites for hydroxylation is 1. The second kappa shape index (κ2) is 6.24. The number of nitrogens with one attached hydrogen (secondary N) is 2. The summed E-state index contributed by atoms with van der Waals surface area (Å²) >= 11 is 0. The van der Waals surface area contributed by atoms with Crippen molar-refractivity contribution in [2.24, 2.45) is 7.05 Å². The molecule has 7 heteroatoms. The Morgan fingerprint density at radius 1 is 1.43 bits per heavy atom. The number of anilines is 1. The molecule has 2 N–H and O–H groups in total. The molecule has 0 saturated heterocycles. The van der Waals surface area contributed by atoms with E-state index in [9.17, 15) is 9.18 Å². The lowest BCUT2D eigenvalue weighted by Gasteiger charge is -2.19. The fraction of sp³-hybridized carbons (Fsp3) is 0.286. The van der Waals surface area contributed by atoms with Crippen LogP contribution in [0.1, 0.15) is 21.6 Å². The number of carbonyl (C=O) groups excluding carboxylic acids is 1. The molecular formula is C14H16ClFN4O. The zero-order valence-electron chi connectivity index (χ0n) is 11.5.